The molecule has 33 heavy (non-hydrogen) atoms. The lowest BCUT2D eigenvalue weighted by Gasteiger charge is -2.50. The molecular weight excluding hydrogens is 423 g/mol. The van der Waals surface area contributed by atoms with Crippen molar-refractivity contribution in [1.82, 2.24) is 10.2 Å². The highest BCUT2D eigenvalue weighted by Crippen LogP contribution is 2.39. The van der Waals surface area contributed by atoms with Crippen molar-refractivity contribution in [2.75, 3.05) is 24.5 Å². The lowest BCUT2D eigenvalue weighted by molar-refractivity contribution is -0.384. The van der Waals surface area contributed by atoms with Gasteiger partial charge in [-0.3, -0.25) is 19.8 Å². The maximum atomic E-state index is 14.1. The van der Waals surface area contributed by atoms with Crippen LogP contribution >= 0.6 is 0 Å². The molecule has 1 aliphatic carbocycles. The number of fused-ring (bicyclic) bond motifs is 3. The molecule has 2 aliphatic heterocycles. The third-order valence-electron chi connectivity index (χ3n) is 7.53. The molecule has 1 amide bonds. The van der Waals surface area contributed by atoms with Gasteiger partial charge in [0.2, 0.25) is 5.91 Å². The number of piperazine rings is 1. The predicted octanol–water partition coefficient (Wildman–Crippen LogP) is 3.66. The summed E-state index contributed by atoms with van der Waals surface area (Å²) in [6.45, 7) is 2.66. The average molecular weight is 453 g/mol. The first-order valence-corrected chi connectivity index (χ1v) is 11.8. The first-order valence-electron chi connectivity index (χ1n) is 11.8. The highest BCUT2D eigenvalue weighted by molar-refractivity contribution is 5.82. The Balaban J connectivity index is 1.41. The fourth-order valence-corrected chi connectivity index (χ4v) is 5.80. The van der Waals surface area contributed by atoms with Crippen LogP contribution in [0.15, 0.2) is 42.5 Å². The van der Waals surface area contributed by atoms with Crippen LogP contribution in [0.25, 0.3) is 0 Å². The van der Waals surface area contributed by atoms with Gasteiger partial charge in [0.15, 0.2) is 0 Å². The number of nitrogens with one attached hydrogen (secondary N) is 1. The van der Waals surface area contributed by atoms with Gasteiger partial charge in [-0.15, -0.1) is 0 Å². The molecule has 2 heterocycles. The summed E-state index contributed by atoms with van der Waals surface area (Å²) in [5.74, 6) is -0.816. The molecule has 5 rings (SSSR count). The van der Waals surface area contributed by atoms with E-state index >= 15 is 0 Å². The van der Waals surface area contributed by atoms with Gasteiger partial charge in [-0.25, -0.2) is 4.39 Å². The monoisotopic (exact) mass is 452 g/mol. The molecule has 7 nitrogen and oxygen atoms in total. The van der Waals surface area contributed by atoms with E-state index in [1.165, 1.54) is 31.7 Å². The van der Waals surface area contributed by atoms with Crippen LogP contribution < -0.4 is 10.2 Å². The van der Waals surface area contributed by atoms with Crippen LogP contribution in [-0.2, 0) is 17.8 Å². The molecule has 0 radical (unpaired) electrons. The first kappa shape index (κ1) is 21.8. The summed E-state index contributed by atoms with van der Waals surface area (Å²) in [4.78, 5) is 29.1. The van der Waals surface area contributed by atoms with Gasteiger partial charge >= 0.3 is 0 Å². The molecule has 1 saturated carbocycles. The number of amides is 1. The number of nitrogens with zero attached hydrogens (tertiary/aromatic N) is 3. The summed E-state index contributed by atoms with van der Waals surface area (Å²) in [6.07, 6.45) is 5.38. The van der Waals surface area contributed by atoms with E-state index in [1.807, 2.05) is 6.07 Å². The summed E-state index contributed by atoms with van der Waals surface area (Å²) in [5, 5.41) is 14.3. The number of hydrogen-bond donors (Lipinski definition) is 1. The highest BCUT2D eigenvalue weighted by atomic mass is 19.1. The number of benzene rings is 2. The van der Waals surface area contributed by atoms with E-state index in [-0.39, 0.29) is 35.9 Å². The molecule has 0 spiro atoms. The van der Waals surface area contributed by atoms with Crippen molar-refractivity contribution in [1.29, 1.82) is 0 Å². The third-order valence-corrected chi connectivity index (χ3v) is 7.53. The van der Waals surface area contributed by atoms with E-state index in [1.54, 1.807) is 30.3 Å². The van der Waals surface area contributed by atoms with Gasteiger partial charge in [-0.1, -0.05) is 31.0 Å². The Labute approximate surface area is 192 Å². The normalized spacial score (nSPS) is 23.1. The van der Waals surface area contributed by atoms with Gasteiger partial charge in [0, 0.05) is 55.6 Å². The van der Waals surface area contributed by atoms with Crippen molar-refractivity contribution >= 4 is 17.3 Å². The van der Waals surface area contributed by atoms with Gasteiger partial charge in [0.05, 0.1) is 16.9 Å². The zero-order valence-electron chi connectivity index (χ0n) is 18.6. The Morgan fingerprint density at radius 2 is 1.94 bits per heavy atom. The average Bonchev–Trinajstić information content (AvgIpc) is 3.37. The lowest BCUT2D eigenvalue weighted by Crippen LogP contribution is -2.62. The van der Waals surface area contributed by atoms with Crippen molar-refractivity contribution in [3.8, 4) is 0 Å². The number of anilines is 1. The van der Waals surface area contributed by atoms with Crippen LogP contribution in [0.5, 0.6) is 0 Å². The van der Waals surface area contributed by atoms with Gasteiger partial charge in [-0.2, -0.15) is 0 Å². The Morgan fingerprint density at radius 3 is 2.70 bits per heavy atom. The summed E-state index contributed by atoms with van der Waals surface area (Å²) in [6, 6.07) is 12.0. The standard InChI is InChI=1S/C25H29FN4O3/c26-22-8-4-1-5-17(22)15-27-25(31)21-14-18-13-20(30(32)33)9-10-23(18)29-12-11-28(16-24(21)29)19-6-2-3-7-19/h1,4-5,8-10,13,19,21,24H,2-3,6-7,11-12,14-16H2,(H,27,31). The molecule has 2 unspecified atom stereocenters. The summed E-state index contributed by atoms with van der Waals surface area (Å²) >= 11 is 0. The largest absolute Gasteiger partial charge is 0.365 e. The van der Waals surface area contributed by atoms with E-state index in [4.69, 9.17) is 0 Å². The highest BCUT2D eigenvalue weighted by Gasteiger charge is 2.43. The fourth-order valence-electron chi connectivity index (χ4n) is 5.80. The number of carbonyl (C=O) groups is 1. The number of nitro groups is 1. The number of nitro benzene ring substituents is 1. The second-order valence-electron chi connectivity index (χ2n) is 9.38. The number of rotatable bonds is 5. The van der Waals surface area contributed by atoms with Gasteiger partial charge in [0.1, 0.15) is 5.82 Å². The van der Waals surface area contributed by atoms with E-state index in [0.717, 1.165) is 30.9 Å². The predicted molar refractivity (Wildman–Crippen MR) is 124 cm³/mol. The van der Waals surface area contributed by atoms with E-state index in [0.29, 0.717) is 18.0 Å². The van der Waals surface area contributed by atoms with Crippen LogP contribution in [-0.4, -0.2) is 47.4 Å². The molecule has 3 aliphatic rings. The van der Waals surface area contributed by atoms with Gasteiger partial charge < -0.3 is 10.2 Å². The molecule has 1 saturated heterocycles. The first-order chi connectivity index (χ1) is 16.0. The van der Waals surface area contributed by atoms with E-state index < -0.39 is 4.92 Å². The minimum Gasteiger partial charge on any atom is -0.365 e. The third kappa shape index (κ3) is 4.31. The second-order valence-corrected chi connectivity index (χ2v) is 9.38. The molecule has 2 aromatic carbocycles. The van der Waals surface area contributed by atoms with Crippen LogP contribution in [0.4, 0.5) is 15.8 Å². The number of halogens is 1. The molecule has 0 aromatic heterocycles. The zero-order chi connectivity index (χ0) is 22.9. The van der Waals surface area contributed by atoms with Gasteiger partial charge in [0.25, 0.3) is 5.69 Å². The minimum atomic E-state index is -0.391. The van der Waals surface area contributed by atoms with Crippen LogP contribution in [0.2, 0.25) is 0 Å². The SMILES string of the molecule is O=C(NCc1ccccc1F)C1Cc2cc([N+](=O)[O-])ccc2N2CCN(C3CCCC3)CC12. The quantitative estimate of drug-likeness (QED) is 0.553. The molecule has 2 fully saturated rings. The number of hydrogen-bond acceptors (Lipinski definition) is 5. The fraction of sp³-hybridized carbons (Fsp3) is 0.480. The molecule has 2 aromatic rings. The molecule has 2 atom stereocenters. The lowest BCUT2D eigenvalue weighted by atomic mass is 9.82. The van der Waals surface area contributed by atoms with Crippen molar-refractivity contribution in [3.63, 3.8) is 0 Å². The van der Waals surface area contributed by atoms with E-state index in [2.05, 4.69) is 15.1 Å². The summed E-state index contributed by atoms with van der Waals surface area (Å²) < 4.78 is 14.1. The Hall–Kier alpha value is -3.00. The molecule has 0 bridgehead atoms. The van der Waals surface area contributed by atoms with Crippen molar-refractivity contribution < 1.29 is 14.1 Å². The smallest absolute Gasteiger partial charge is 0.269 e. The molecule has 174 valence electrons. The zero-order valence-corrected chi connectivity index (χ0v) is 18.6. The summed E-state index contributed by atoms with van der Waals surface area (Å²) in [5.41, 5.74) is 2.32. The van der Waals surface area contributed by atoms with Crippen molar-refractivity contribution in [2.45, 2.75) is 50.7 Å². The second kappa shape index (κ2) is 9.09. The van der Waals surface area contributed by atoms with Crippen LogP contribution in [0.3, 0.4) is 0 Å². The number of non-ortho nitro benzene ring substituents is 1. The van der Waals surface area contributed by atoms with Crippen LogP contribution in [0, 0.1) is 21.8 Å². The van der Waals surface area contributed by atoms with Gasteiger partial charge in [-0.05, 0) is 37.0 Å². The minimum absolute atomic E-state index is 0.00562. The van der Waals surface area contributed by atoms with Crippen molar-refractivity contribution in [2.24, 2.45) is 5.92 Å². The Bertz CT molecular complexity index is 1060. The maximum Gasteiger partial charge on any atom is 0.269 e. The number of carbonyl (C=O) groups excluding carboxylic acids is 1. The molecule has 1 N–H and O–H groups in total. The van der Waals surface area contributed by atoms with Crippen molar-refractivity contribution in [3.05, 3.63) is 69.5 Å². The Morgan fingerprint density at radius 1 is 1.15 bits per heavy atom. The maximum absolute atomic E-state index is 14.1. The van der Waals surface area contributed by atoms with Crippen LogP contribution in [0.1, 0.15) is 36.8 Å². The topological polar surface area (TPSA) is 78.7 Å². The summed E-state index contributed by atoms with van der Waals surface area (Å²) in [7, 11) is 0. The molecule has 8 heteroatoms. The molecular formula is C25H29FN4O3. The van der Waals surface area contributed by atoms with E-state index in [9.17, 15) is 19.3 Å². The Kier molecular flexibility index (Phi) is 6.01.